The van der Waals surface area contributed by atoms with Gasteiger partial charge in [-0.2, -0.15) is 0 Å². The summed E-state index contributed by atoms with van der Waals surface area (Å²) in [5.41, 5.74) is 0.472. The van der Waals surface area contributed by atoms with Gasteiger partial charge >= 0.3 is 0 Å². The monoisotopic (exact) mass is 297 g/mol. The van der Waals surface area contributed by atoms with E-state index in [1.807, 2.05) is 18.2 Å². The van der Waals surface area contributed by atoms with Crippen molar-refractivity contribution in [2.24, 2.45) is 0 Å². The Balaban J connectivity index is 1.90. The van der Waals surface area contributed by atoms with E-state index in [9.17, 15) is 5.11 Å². The molecule has 0 aliphatic heterocycles. The lowest BCUT2D eigenvalue weighted by molar-refractivity contribution is 0.0250. The zero-order valence-corrected chi connectivity index (χ0v) is 12.9. The zero-order chi connectivity index (χ0) is 14.4. The van der Waals surface area contributed by atoms with E-state index in [1.54, 1.807) is 7.11 Å². The Hall–Kier alpha value is -0.770. The standard InChI is InChI=1S/C16H24ClNO2/c1-20-15-7-6-14(17)10-13(15)11-18-12-16(19)8-4-2-3-5-9-16/h6-7,10,18-19H,2-5,8-9,11-12H2,1H3. The minimum absolute atomic E-state index is 0.553. The van der Waals surface area contributed by atoms with E-state index in [4.69, 9.17) is 16.3 Å². The Morgan fingerprint density at radius 3 is 2.60 bits per heavy atom. The molecule has 4 heteroatoms. The third-order valence-electron chi connectivity index (χ3n) is 4.05. The highest BCUT2D eigenvalue weighted by molar-refractivity contribution is 6.30. The number of benzene rings is 1. The van der Waals surface area contributed by atoms with Gasteiger partial charge in [-0.1, -0.05) is 37.3 Å². The maximum atomic E-state index is 10.6. The highest BCUT2D eigenvalue weighted by Crippen LogP contribution is 2.27. The molecular formula is C16H24ClNO2. The fourth-order valence-corrected chi connectivity index (χ4v) is 3.07. The molecule has 0 amide bonds. The normalized spacial score (nSPS) is 18.6. The third kappa shape index (κ3) is 4.37. The first-order chi connectivity index (χ1) is 9.63. The van der Waals surface area contributed by atoms with Crippen LogP contribution in [0.25, 0.3) is 0 Å². The molecule has 1 aliphatic rings. The Labute approximate surface area is 126 Å². The number of hydrogen-bond acceptors (Lipinski definition) is 3. The maximum absolute atomic E-state index is 10.6. The molecule has 0 bridgehead atoms. The van der Waals surface area contributed by atoms with Crippen molar-refractivity contribution < 1.29 is 9.84 Å². The van der Waals surface area contributed by atoms with Crippen molar-refractivity contribution >= 4 is 11.6 Å². The van der Waals surface area contributed by atoms with E-state index >= 15 is 0 Å². The van der Waals surface area contributed by atoms with Gasteiger partial charge in [-0.15, -0.1) is 0 Å². The number of halogens is 1. The van der Waals surface area contributed by atoms with Gasteiger partial charge in [0.15, 0.2) is 0 Å². The van der Waals surface area contributed by atoms with Crippen molar-refractivity contribution in [2.45, 2.75) is 50.7 Å². The van der Waals surface area contributed by atoms with E-state index in [0.29, 0.717) is 18.1 Å². The smallest absolute Gasteiger partial charge is 0.123 e. The van der Waals surface area contributed by atoms with Crippen molar-refractivity contribution in [1.82, 2.24) is 5.32 Å². The van der Waals surface area contributed by atoms with E-state index in [-0.39, 0.29) is 0 Å². The van der Waals surface area contributed by atoms with Crippen LogP contribution < -0.4 is 10.1 Å². The van der Waals surface area contributed by atoms with Crippen LogP contribution in [0, 0.1) is 0 Å². The molecule has 2 N–H and O–H groups in total. The van der Waals surface area contributed by atoms with Crippen LogP contribution >= 0.6 is 11.6 Å². The fourth-order valence-electron chi connectivity index (χ4n) is 2.88. The number of ether oxygens (including phenoxy) is 1. The van der Waals surface area contributed by atoms with Gasteiger partial charge in [0.05, 0.1) is 12.7 Å². The van der Waals surface area contributed by atoms with Gasteiger partial charge in [-0.3, -0.25) is 0 Å². The lowest BCUT2D eigenvalue weighted by Crippen LogP contribution is -2.39. The topological polar surface area (TPSA) is 41.5 Å². The number of methoxy groups -OCH3 is 1. The van der Waals surface area contributed by atoms with Crippen LogP contribution in [-0.2, 0) is 6.54 Å². The average molecular weight is 298 g/mol. The molecule has 2 rings (SSSR count). The molecule has 0 aromatic heterocycles. The van der Waals surface area contributed by atoms with Crippen molar-refractivity contribution in [3.05, 3.63) is 28.8 Å². The molecular weight excluding hydrogens is 274 g/mol. The molecule has 1 aliphatic carbocycles. The molecule has 20 heavy (non-hydrogen) atoms. The van der Waals surface area contributed by atoms with Crippen molar-refractivity contribution in [3.63, 3.8) is 0 Å². The molecule has 0 radical (unpaired) electrons. The second-order valence-corrected chi connectivity index (χ2v) is 6.13. The van der Waals surface area contributed by atoms with Crippen LogP contribution in [0.3, 0.4) is 0 Å². The molecule has 0 saturated heterocycles. The van der Waals surface area contributed by atoms with Crippen molar-refractivity contribution in [2.75, 3.05) is 13.7 Å². The largest absolute Gasteiger partial charge is 0.496 e. The highest BCUT2D eigenvalue weighted by Gasteiger charge is 2.27. The predicted octanol–water partition coefficient (Wildman–Crippen LogP) is 3.52. The van der Waals surface area contributed by atoms with E-state index in [2.05, 4.69) is 5.32 Å². The first-order valence-electron chi connectivity index (χ1n) is 7.38. The van der Waals surface area contributed by atoms with Gasteiger partial charge in [0, 0.05) is 23.7 Å². The summed E-state index contributed by atoms with van der Waals surface area (Å²) in [5, 5.41) is 14.6. The van der Waals surface area contributed by atoms with Crippen LogP contribution in [0.5, 0.6) is 5.75 Å². The molecule has 1 aromatic carbocycles. The number of hydrogen-bond donors (Lipinski definition) is 2. The van der Waals surface area contributed by atoms with Crippen LogP contribution in [0.15, 0.2) is 18.2 Å². The Morgan fingerprint density at radius 1 is 1.25 bits per heavy atom. The molecule has 0 unspecified atom stereocenters. The summed E-state index contributed by atoms with van der Waals surface area (Å²) in [7, 11) is 1.66. The minimum atomic E-state index is -0.553. The quantitative estimate of drug-likeness (QED) is 0.817. The van der Waals surface area contributed by atoms with Crippen LogP contribution in [0.1, 0.15) is 44.1 Å². The average Bonchev–Trinajstić information content (AvgIpc) is 2.64. The summed E-state index contributed by atoms with van der Waals surface area (Å²) in [6.45, 7) is 1.29. The van der Waals surface area contributed by atoms with E-state index < -0.39 is 5.60 Å². The first-order valence-corrected chi connectivity index (χ1v) is 7.76. The Bertz CT molecular complexity index is 428. The van der Waals surface area contributed by atoms with Gasteiger partial charge in [0.1, 0.15) is 5.75 Å². The molecule has 0 heterocycles. The predicted molar refractivity (Wildman–Crippen MR) is 82.4 cm³/mol. The SMILES string of the molecule is COc1ccc(Cl)cc1CNCC1(O)CCCCCC1. The van der Waals surface area contributed by atoms with Gasteiger partial charge in [0.2, 0.25) is 0 Å². The summed E-state index contributed by atoms with van der Waals surface area (Å²) >= 11 is 6.02. The molecule has 3 nitrogen and oxygen atoms in total. The zero-order valence-electron chi connectivity index (χ0n) is 12.1. The first kappa shape index (κ1) is 15.6. The summed E-state index contributed by atoms with van der Waals surface area (Å²) in [6.07, 6.45) is 6.52. The second-order valence-electron chi connectivity index (χ2n) is 5.70. The summed E-state index contributed by atoms with van der Waals surface area (Å²) in [4.78, 5) is 0. The van der Waals surface area contributed by atoms with Gasteiger partial charge in [0.25, 0.3) is 0 Å². The Kier molecular flexibility index (Phi) is 5.70. The summed E-state index contributed by atoms with van der Waals surface area (Å²) < 4.78 is 5.33. The number of rotatable bonds is 5. The second kappa shape index (κ2) is 7.30. The summed E-state index contributed by atoms with van der Waals surface area (Å²) in [6, 6.07) is 5.60. The molecule has 1 saturated carbocycles. The lowest BCUT2D eigenvalue weighted by Gasteiger charge is -2.27. The third-order valence-corrected chi connectivity index (χ3v) is 4.28. The minimum Gasteiger partial charge on any atom is -0.496 e. The molecule has 0 spiro atoms. The van der Waals surface area contributed by atoms with Gasteiger partial charge in [-0.25, -0.2) is 0 Å². The lowest BCUT2D eigenvalue weighted by atomic mass is 9.94. The van der Waals surface area contributed by atoms with E-state index in [1.165, 1.54) is 12.8 Å². The molecule has 112 valence electrons. The Morgan fingerprint density at radius 2 is 1.95 bits per heavy atom. The van der Waals surface area contributed by atoms with Crippen LogP contribution in [0.4, 0.5) is 0 Å². The van der Waals surface area contributed by atoms with Crippen LogP contribution in [0.2, 0.25) is 5.02 Å². The maximum Gasteiger partial charge on any atom is 0.123 e. The fraction of sp³-hybridized carbons (Fsp3) is 0.625. The number of nitrogens with one attached hydrogen (secondary N) is 1. The molecule has 1 fully saturated rings. The molecule has 1 aromatic rings. The van der Waals surface area contributed by atoms with E-state index in [0.717, 1.165) is 37.0 Å². The van der Waals surface area contributed by atoms with Crippen molar-refractivity contribution in [3.8, 4) is 5.75 Å². The highest BCUT2D eigenvalue weighted by atomic mass is 35.5. The number of aliphatic hydroxyl groups is 1. The summed E-state index contributed by atoms with van der Waals surface area (Å²) in [5.74, 6) is 0.828. The van der Waals surface area contributed by atoms with Crippen LogP contribution in [-0.4, -0.2) is 24.4 Å². The van der Waals surface area contributed by atoms with Crippen molar-refractivity contribution in [1.29, 1.82) is 0 Å². The van der Waals surface area contributed by atoms with Gasteiger partial charge in [-0.05, 0) is 31.0 Å². The molecule has 0 atom stereocenters. The van der Waals surface area contributed by atoms with Gasteiger partial charge < -0.3 is 15.2 Å².